The van der Waals surface area contributed by atoms with Crippen LogP contribution < -0.4 is 11.1 Å². The minimum absolute atomic E-state index is 0.000125. The second kappa shape index (κ2) is 6.55. The van der Waals surface area contributed by atoms with Crippen molar-refractivity contribution in [3.8, 4) is 0 Å². The zero-order chi connectivity index (χ0) is 15.3. The van der Waals surface area contributed by atoms with Crippen LogP contribution in [0, 0.1) is 5.41 Å². The SMILES string of the molecule is Cn1cnnc1CNC(=O)C1(C(N)=NO)CCCCCC1. The molecule has 1 saturated carbocycles. The number of nitrogens with one attached hydrogen (secondary N) is 1. The quantitative estimate of drug-likeness (QED) is 0.246. The van der Waals surface area contributed by atoms with Crippen LogP contribution in [-0.4, -0.2) is 31.7 Å². The molecule has 0 saturated heterocycles. The Labute approximate surface area is 123 Å². The maximum Gasteiger partial charge on any atom is 0.234 e. The second-order valence-corrected chi connectivity index (χ2v) is 5.52. The number of nitrogens with two attached hydrogens (primary N) is 1. The van der Waals surface area contributed by atoms with E-state index in [1.165, 1.54) is 0 Å². The Hall–Kier alpha value is -2.12. The summed E-state index contributed by atoms with van der Waals surface area (Å²) in [5.74, 6) is 0.453. The summed E-state index contributed by atoms with van der Waals surface area (Å²) < 4.78 is 1.74. The second-order valence-electron chi connectivity index (χ2n) is 5.52. The summed E-state index contributed by atoms with van der Waals surface area (Å²) in [7, 11) is 1.81. The third kappa shape index (κ3) is 3.14. The van der Waals surface area contributed by atoms with Crippen molar-refractivity contribution in [3.63, 3.8) is 0 Å². The molecule has 116 valence electrons. The van der Waals surface area contributed by atoms with Gasteiger partial charge in [0.1, 0.15) is 11.7 Å². The number of rotatable bonds is 4. The van der Waals surface area contributed by atoms with E-state index in [4.69, 9.17) is 10.9 Å². The van der Waals surface area contributed by atoms with Crippen molar-refractivity contribution in [2.24, 2.45) is 23.4 Å². The number of oxime groups is 1. The smallest absolute Gasteiger partial charge is 0.234 e. The van der Waals surface area contributed by atoms with Gasteiger partial charge in [-0.05, 0) is 12.8 Å². The van der Waals surface area contributed by atoms with Gasteiger partial charge in [-0.15, -0.1) is 10.2 Å². The molecule has 0 aliphatic heterocycles. The molecule has 2 rings (SSSR count). The summed E-state index contributed by atoms with van der Waals surface area (Å²) in [4.78, 5) is 12.6. The molecule has 8 heteroatoms. The van der Waals surface area contributed by atoms with Crippen LogP contribution in [0.1, 0.15) is 44.3 Å². The zero-order valence-corrected chi connectivity index (χ0v) is 12.2. The minimum Gasteiger partial charge on any atom is -0.409 e. The van der Waals surface area contributed by atoms with Gasteiger partial charge in [0.15, 0.2) is 11.7 Å². The number of aryl methyl sites for hydroxylation is 1. The van der Waals surface area contributed by atoms with Crippen molar-refractivity contribution in [2.45, 2.75) is 45.1 Å². The zero-order valence-electron chi connectivity index (χ0n) is 12.2. The van der Waals surface area contributed by atoms with E-state index in [1.54, 1.807) is 10.9 Å². The predicted octanol–water partition coefficient (Wildman–Crippen LogP) is 0.518. The molecule has 1 aromatic rings. The number of hydrogen-bond donors (Lipinski definition) is 3. The van der Waals surface area contributed by atoms with Crippen molar-refractivity contribution < 1.29 is 10.0 Å². The third-order valence-electron chi connectivity index (χ3n) is 4.20. The summed E-state index contributed by atoms with van der Waals surface area (Å²) in [6.07, 6.45) is 6.71. The van der Waals surface area contributed by atoms with E-state index in [1.807, 2.05) is 7.05 Å². The van der Waals surface area contributed by atoms with E-state index in [2.05, 4.69) is 20.7 Å². The van der Waals surface area contributed by atoms with Gasteiger partial charge in [0.2, 0.25) is 5.91 Å². The number of amides is 1. The first kappa shape index (κ1) is 15.3. The average Bonchev–Trinajstić information content (AvgIpc) is 2.76. The van der Waals surface area contributed by atoms with Gasteiger partial charge in [0.05, 0.1) is 6.54 Å². The molecule has 8 nitrogen and oxygen atoms in total. The standard InChI is InChI=1S/C13H22N6O2/c1-19-9-16-17-10(19)8-15-12(20)13(11(14)18-21)6-4-2-3-5-7-13/h9,21H,2-8H2,1H3,(H2,14,18)(H,15,20). The molecule has 0 radical (unpaired) electrons. The van der Waals surface area contributed by atoms with E-state index >= 15 is 0 Å². The summed E-state index contributed by atoms with van der Waals surface area (Å²) in [5.41, 5.74) is 4.93. The van der Waals surface area contributed by atoms with Gasteiger partial charge in [-0.25, -0.2) is 0 Å². The summed E-state index contributed by atoms with van der Waals surface area (Å²) in [6.45, 7) is 0.274. The van der Waals surface area contributed by atoms with Gasteiger partial charge in [0, 0.05) is 7.05 Å². The van der Waals surface area contributed by atoms with Crippen LogP contribution in [0.15, 0.2) is 11.5 Å². The maximum absolute atomic E-state index is 12.6. The molecule has 1 amide bonds. The van der Waals surface area contributed by atoms with Crippen molar-refractivity contribution in [1.29, 1.82) is 0 Å². The summed E-state index contributed by atoms with van der Waals surface area (Å²) in [5, 5.41) is 22.7. The minimum atomic E-state index is -0.913. The first-order valence-electron chi connectivity index (χ1n) is 7.19. The fraction of sp³-hybridized carbons (Fsp3) is 0.692. The normalized spacial score (nSPS) is 19.0. The molecule has 0 atom stereocenters. The van der Waals surface area contributed by atoms with E-state index in [0.717, 1.165) is 25.7 Å². The molecule has 1 fully saturated rings. The molecule has 0 aromatic carbocycles. The lowest BCUT2D eigenvalue weighted by Gasteiger charge is -2.29. The van der Waals surface area contributed by atoms with Crippen molar-refractivity contribution in [1.82, 2.24) is 20.1 Å². The number of nitrogens with zero attached hydrogens (tertiary/aromatic N) is 4. The number of carbonyl (C=O) groups is 1. The molecule has 1 aromatic heterocycles. The van der Waals surface area contributed by atoms with Gasteiger partial charge in [-0.3, -0.25) is 4.79 Å². The Balaban J connectivity index is 2.12. The summed E-state index contributed by atoms with van der Waals surface area (Å²) in [6, 6.07) is 0. The largest absolute Gasteiger partial charge is 0.409 e. The number of carbonyl (C=O) groups excluding carboxylic acids is 1. The van der Waals surface area contributed by atoms with Crippen LogP contribution in [0.5, 0.6) is 0 Å². The molecular weight excluding hydrogens is 272 g/mol. The van der Waals surface area contributed by atoms with Crippen LogP contribution in [-0.2, 0) is 18.4 Å². The van der Waals surface area contributed by atoms with Gasteiger partial charge in [0.25, 0.3) is 0 Å². The van der Waals surface area contributed by atoms with E-state index < -0.39 is 5.41 Å². The molecule has 0 bridgehead atoms. The molecule has 21 heavy (non-hydrogen) atoms. The van der Waals surface area contributed by atoms with Crippen LogP contribution >= 0.6 is 0 Å². The monoisotopic (exact) mass is 294 g/mol. The lowest BCUT2D eigenvalue weighted by Crippen LogP contribution is -2.49. The lowest BCUT2D eigenvalue weighted by atomic mass is 9.78. The highest BCUT2D eigenvalue weighted by molar-refractivity contribution is 6.06. The highest BCUT2D eigenvalue weighted by Gasteiger charge is 2.42. The van der Waals surface area contributed by atoms with Crippen LogP contribution in [0.4, 0.5) is 0 Å². The fourth-order valence-electron chi connectivity index (χ4n) is 2.82. The fourth-order valence-corrected chi connectivity index (χ4v) is 2.82. The Bertz CT molecular complexity index is 516. The van der Waals surface area contributed by atoms with Gasteiger partial charge >= 0.3 is 0 Å². The van der Waals surface area contributed by atoms with E-state index in [-0.39, 0.29) is 18.3 Å². The maximum atomic E-state index is 12.6. The molecule has 1 aliphatic rings. The lowest BCUT2D eigenvalue weighted by molar-refractivity contribution is -0.128. The highest BCUT2D eigenvalue weighted by atomic mass is 16.4. The first-order valence-corrected chi connectivity index (χ1v) is 7.19. The Morgan fingerprint density at radius 1 is 1.48 bits per heavy atom. The van der Waals surface area contributed by atoms with Crippen LogP contribution in [0.2, 0.25) is 0 Å². The molecular formula is C13H22N6O2. The first-order chi connectivity index (χ1) is 10.1. The Kier molecular flexibility index (Phi) is 4.77. The van der Waals surface area contributed by atoms with E-state index in [9.17, 15) is 4.79 Å². The number of aromatic nitrogens is 3. The van der Waals surface area contributed by atoms with Gasteiger partial charge in [-0.1, -0.05) is 30.8 Å². The molecule has 1 aliphatic carbocycles. The molecule has 4 N–H and O–H groups in total. The van der Waals surface area contributed by atoms with Crippen molar-refractivity contribution in [2.75, 3.05) is 0 Å². The Morgan fingerprint density at radius 2 is 2.14 bits per heavy atom. The molecule has 0 spiro atoms. The van der Waals surface area contributed by atoms with Crippen LogP contribution in [0.3, 0.4) is 0 Å². The van der Waals surface area contributed by atoms with Crippen LogP contribution in [0.25, 0.3) is 0 Å². The number of hydrogen-bond acceptors (Lipinski definition) is 5. The predicted molar refractivity (Wildman–Crippen MR) is 76.4 cm³/mol. The molecule has 0 unspecified atom stereocenters. The van der Waals surface area contributed by atoms with Gasteiger partial charge in [-0.2, -0.15) is 0 Å². The number of amidine groups is 1. The summed E-state index contributed by atoms with van der Waals surface area (Å²) >= 11 is 0. The average molecular weight is 294 g/mol. The van der Waals surface area contributed by atoms with E-state index in [0.29, 0.717) is 18.7 Å². The Morgan fingerprint density at radius 3 is 2.67 bits per heavy atom. The molecule has 1 heterocycles. The van der Waals surface area contributed by atoms with Crippen molar-refractivity contribution in [3.05, 3.63) is 12.2 Å². The van der Waals surface area contributed by atoms with Crippen molar-refractivity contribution >= 4 is 11.7 Å². The third-order valence-corrected chi connectivity index (χ3v) is 4.20. The van der Waals surface area contributed by atoms with Gasteiger partial charge < -0.3 is 20.8 Å². The highest BCUT2D eigenvalue weighted by Crippen LogP contribution is 2.35. The topological polar surface area (TPSA) is 118 Å².